The fourth-order valence-electron chi connectivity index (χ4n) is 3.60. The molecule has 0 saturated carbocycles. The summed E-state index contributed by atoms with van der Waals surface area (Å²) in [7, 11) is 1.45. The van der Waals surface area contributed by atoms with Crippen molar-refractivity contribution in [2.45, 2.75) is 33.9 Å². The summed E-state index contributed by atoms with van der Waals surface area (Å²) in [6, 6.07) is 5.01. The van der Waals surface area contributed by atoms with Gasteiger partial charge in [-0.05, 0) is 30.5 Å². The monoisotopic (exact) mass is 422 g/mol. The van der Waals surface area contributed by atoms with Gasteiger partial charge in [0.1, 0.15) is 5.15 Å². The van der Waals surface area contributed by atoms with Crippen molar-refractivity contribution in [1.82, 2.24) is 19.6 Å². The van der Waals surface area contributed by atoms with Crippen molar-refractivity contribution in [2.24, 2.45) is 5.92 Å². The second-order valence-electron chi connectivity index (χ2n) is 7.86. The van der Waals surface area contributed by atoms with Gasteiger partial charge in [0.15, 0.2) is 11.6 Å². The quantitative estimate of drug-likeness (QED) is 0.713. The van der Waals surface area contributed by atoms with Crippen LogP contribution >= 0.6 is 11.6 Å². The molecule has 2 heterocycles. The number of piperazine rings is 1. The van der Waals surface area contributed by atoms with E-state index < -0.39 is 0 Å². The van der Waals surface area contributed by atoms with Crippen LogP contribution in [0.25, 0.3) is 0 Å². The third-order valence-electron chi connectivity index (χ3n) is 5.10. The summed E-state index contributed by atoms with van der Waals surface area (Å²) in [4.78, 5) is 17.1. The van der Waals surface area contributed by atoms with Gasteiger partial charge < -0.3 is 9.64 Å². The van der Waals surface area contributed by atoms with Crippen molar-refractivity contribution in [1.29, 1.82) is 0 Å². The molecule has 29 heavy (non-hydrogen) atoms. The van der Waals surface area contributed by atoms with Crippen molar-refractivity contribution >= 4 is 17.5 Å². The van der Waals surface area contributed by atoms with Gasteiger partial charge in [-0.15, -0.1) is 0 Å². The Morgan fingerprint density at radius 3 is 2.55 bits per heavy atom. The summed E-state index contributed by atoms with van der Waals surface area (Å²) in [5, 5.41) is 4.85. The highest BCUT2D eigenvalue weighted by molar-refractivity contribution is 6.33. The van der Waals surface area contributed by atoms with E-state index in [0.717, 1.165) is 18.7 Å². The summed E-state index contributed by atoms with van der Waals surface area (Å²) in [6.07, 6.45) is 0. The number of benzene rings is 1. The summed E-state index contributed by atoms with van der Waals surface area (Å²) in [5.41, 5.74) is 2.05. The predicted octanol–water partition coefficient (Wildman–Crippen LogP) is 3.61. The number of carbonyl (C=O) groups is 1. The number of methoxy groups -OCH3 is 1. The van der Waals surface area contributed by atoms with Crippen molar-refractivity contribution < 1.29 is 13.9 Å². The molecule has 8 heteroatoms. The van der Waals surface area contributed by atoms with Gasteiger partial charge in [0.25, 0.3) is 5.91 Å². The molecule has 1 fully saturated rings. The van der Waals surface area contributed by atoms with Crippen LogP contribution in [0.1, 0.15) is 35.5 Å². The number of ether oxygens (including phenoxy) is 1. The molecule has 0 atom stereocenters. The van der Waals surface area contributed by atoms with E-state index in [-0.39, 0.29) is 17.5 Å². The number of carbonyl (C=O) groups excluding carboxylic acids is 1. The number of nitrogens with zero attached hydrogens (tertiary/aromatic N) is 4. The van der Waals surface area contributed by atoms with Gasteiger partial charge in [-0.1, -0.05) is 31.5 Å². The first-order chi connectivity index (χ1) is 13.8. The zero-order valence-electron chi connectivity index (χ0n) is 17.4. The summed E-state index contributed by atoms with van der Waals surface area (Å²) in [5.74, 6) is 0.204. The van der Waals surface area contributed by atoms with E-state index in [4.69, 9.17) is 16.3 Å². The van der Waals surface area contributed by atoms with Gasteiger partial charge >= 0.3 is 0 Å². The maximum atomic E-state index is 13.9. The van der Waals surface area contributed by atoms with Crippen LogP contribution in [-0.4, -0.2) is 58.8 Å². The van der Waals surface area contributed by atoms with Crippen LogP contribution in [-0.2, 0) is 13.1 Å². The minimum atomic E-state index is -0.359. The normalized spacial score (nSPS) is 15.2. The van der Waals surface area contributed by atoms with Gasteiger partial charge in [0.2, 0.25) is 0 Å². The molecule has 158 valence electrons. The Morgan fingerprint density at radius 2 is 1.97 bits per heavy atom. The van der Waals surface area contributed by atoms with E-state index in [9.17, 15) is 9.18 Å². The highest BCUT2D eigenvalue weighted by atomic mass is 35.5. The molecular formula is C21H28ClFN4O2. The number of halogens is 2. The van der Waals surface area contributed by atoms with Crippen LogP contribution in [0.4, 0.5) is 4.39 Å². The van der Waals surface area contributed by atoms with Gasteiger partial charge in [-0.2, -0.15) is 5.10 Å². The standard InChI is InChI=1S/C21H28ClFN4O2/c1-14(2)12-27-20(22)19(15(3)24-27)21(28)26-9-7-25(8-10-26)13-16-5-6-18(29-4)17(23)11-16/h5-6,11,14H,7-10,12-13H2,1-4H3. The van der Waals surface area contributed by atoms with Crippen LogP contribution < -0.4 is 4.74 Å². The maximum absolute atomic E-state index is 13.9. The minimum Gasteiger partial charge on any atom is -0.494 e. The zero-order chi connectivity index (χ0) is 21.1. The number of aromatic nitrogens is 2. The third kappa shape index (κ3) is 4.90. The third-order valence-corrected chi connectivity index (χ3v) is 5.48. The average Bonchev–Trinajstić information content (AvgIpc) is 2.94. The Bertz CT molecular complexity index is 876. The molecule has 1 aromatic heterocycles. The second-order valence-corrected chi connectivity index (χ2v) is 8.22. The van der Waals surface area contributed by atoms with Crippen molar-refractivity contribution in [3.63, 3.8) is 0 Å². The van der Waals surface area contributed by atoms with Crippen LogP contribution in [0, 0.1) is 18.7 Å². The van der Waals surface area contributed by atoms with Crippen LogP contribution in [0.15, 0.2) is 18.2 Å². The first kappa shape index (κ1) is 21.6. The highest BCUT2D eigenvalue weighted by Gasteiger charge is 2.28. The lowest BCUT2D eigenvalue weighted by atomic mass is 10.1. The molecule has 0 radical (unpaired) electrons. The van der Waals surface area contributed by atoms with E-state index in [1.165, 1.54) is 13.2 Å². The Hall–Kier alpha value is -2.12. The summed E-state index contributed by atoms with van der Waals surface area (Å²) in [6.45, 7) is 9.95. The molecule has 6 nitrogen and oxygen atoms in total. The largest absolute Gasteiger partial charge is 0.494 e. The Morgan fingerprint density at radius 1 is 1.28 bits per heavy atom. The zero-order valence-corrected chi connectivity index (χ0v) is 18.2. The number of aryl methyl sites for hydroxylation is 1. The first-order valence-corrected chi connectivity index (χ1v) is 10.2. The molecule has 1 amide bonds. The molecule has 2 aromatic rings. The lowest BCUT2D eigenvalue weighted by Gasteiger charge is -2.34. The lowest BCUT2D eigenvalue weighted by molar-refractivity contribution is 0.0627. The van der Waals surface area contributed by atoms with E-state index in [0.29, 0.717) is 48.5 Å². The van der Waals surface area contributed by atoms with Gasteiger partial charge in [0.05, 0.1) is 18.4 Å². The second kappa shape index (κ2) is 9.13. The number of hydrogen-bond acceptors (Lipinski definition) is 4. The summed E-state index contributed by atoms with van der Waals surface area (Å²) >= 11 is 6.46. The number of amides is 1. The molecule has 0 unspecified atom stereocenters. The Labute approximate surface area is 176 Å². The minimum absolute atomic E-state index is 0.0716. The average molecular weight is 423 g/mol. The van der Waals surface area contributed by atoms with Crippen molar-refractivity contribution in [3.05, 3.63) is 46.0 Å². The lowest BCUT2D eigenvalue weighted by Crippen LogP contribution is -2.48. The topological polar surface area (TPSA) is 50.6 Å². The number of rotatable bonds is 6. The summed E-state index contributed by atoms with van der Waals surface area (Å²) < 4.78 is 20.6. The molecule has 3 rings (SSSR count). The van der Waals surface area contributed by atoms with E-state index in [1.807, 2.05) is 17.9 Å². The van der Waals surface area contributed by atoms with Crippen molar-refractivity contribution in [2.75, 3.05) is 33.3 Å². The number of hydrogen-bond donors (Lipinski definition) is 0. The van der Waals surface area contributed by atoms with Gasteiger partial charge in [-0.25, -0.2) is 4.39 Å². The molecule has 1 aliphatic heterocycles. The predicted molar refractivity (Wildman–Crippen MR) is 111 cm³/mol. The van der Waals surface area contributed by atoms with E-state index in [1.54, 1.807) is 10.7 Å². The van der Waals surface area contributed by atoms with Crippen LogP contribution in [0.2, 0.25) is 5.15 Å². The molecule has 1 aliphatic rings. The molecule has 0 spiro atoms. The van der Waals surface area contributed by atoms with Crippen molar-refractivity contribution in [3.8, 4) is 5.75 Å². The van der Waals surface area contributed by atoms with Crippen LogP contribution in [0.3, 0.4) is 0 Å². The Balaban J connectivity index is 1.61. The highest BCUT2D eigenvalue weighted by Crippen LogP contribution is 2.24. The van der Waals surface area contributed by atoms with Gasteiger partial charge in [-0.3, -0.25) is 14.4 Å². The molecule has 1 saturated heterocycles. The molecule has 0 bridgehead atoms. The smallest absolute Gasteiger partial charge is 0.258 e. The van der Waals surface area contributed by atoms with E-state index in [2.05, 4.69) is 23.8 Å². The maximum Gasteiger partial charge on any atom is 0.258 e. The first-order valence-electron chi connectivity index (χ1n) is 9.87. The molecule has 1 aromatic carbocycles. The van der Waals surface area contributed by atoms with E-state index >= 15 is 0 Å². The van der Waals surface area contributed by atoms with Crippen LogP contribution in [0.5, 0.6) is 5.75 Å². The van der Waals surface area contributed by atoms with Gasteiger partial charge in [0, 0.05) is 39.3 Å². The molecule has 0 N–H and O–H groups in total. The Kier molecular flexibility index (Phi) is 6.80. The fraction of sp³-hybridized carbons (Fsp3) is 0.524. The molecule has 0 aliphatic carbocycles. The molecular weight excluding hydrogens is 395 g/mol. The SMILES string of the molecule is COc1ccc(CN2CCN(C(=O)c3c(C)nn(CC(C)C)c3Cl)CC2)cc1F. The fourth-order valence-corrected chi connectivity index (χ4v) is 3.92.